The molecule has 0 radical (unpaired) electrons. The highest BCUT2D eigenvalue weighted by atomic mass is 16.5. The Morgan fingerprint density at radius 2 is 0.938 bits per heavy atom. The Bertz CT molecular complexity index is 997. The van der Waals surface area contributed by atoms with Crippen LogP contribution in [0.25, 0.3) is 11.1 Å². The molecule has 7 heteroatoms. The lowest BCUT2D eigenvalue weighted by Gasteiger charge is -2.05. The summed E-state index contributed by atoms with van der Waals surface area (Å²) in [7, 11) is 5.56. The number of hydrogen-bond donors (Lipinski definition) is 0. The Hall–Kier alpha value is -4.13. The van der Waals surface area contributed by atoms with Crippen LogP contribution in [-0.2, 0) is 14.2 Å². The van der Waals surface area contributed by atoms with Gasteiger partial charge in [0, 0.05) is 0 Å². The molecule has 0 heterocycles. The average molecular weight is 436 g/mol. The second-order valence-corrected chi connectivity index (χ2v) is 6.33. The Morgan fingerprint density at radius 1 is 0.531 bits per heavy atom. The maximum atomic E-state index is 11.3. The van der Waals surface area contributed by atoms with Crippen LogP contribution in [0.5, 0.6) is 5.75 Å². The molecule has 0 bridgehead atoms. The summed E-state index contributed by atoms with van der Waals surface area (Å²) < 4.78 is 18.8. The summed E-state index contributed by atoms with van der Waals surface area (Å²) in [5.41, 5.74) is 3.36. The summed E-state index contributed by atoms with van der Waals surface area (Å²) in [5, 5.41) is 0. The van der Waals surface area contributed by atoms with Gasteiger partial charge in [0.15, 0.2) is 0 Å². The molecule has 0 fully saturated rings. The van der Waals surface area contributed by atoms with Gasteiger partial charge in [-0.2, -0.15) is 0 Å². The minimum absolute atomic E-state index is 0.363. The molecule has 166 valence electrons. The van der Waals surface area contributed by atoms with E-state index in [-0.39, 0.29) is 17.9 Å². The normalized spacial score (nSPS) is 9.62. The van der Waals surface area contributed by atoms with Gasteiger partial charge in [-0.3, -0.25) is 0 Å². The van der Waals surface area contributed by atoms with E-state index in [9.17, 15) is 14.4 Å². The molecule has 0 saturated heterocycles. The van der Waals surface area contributed by atoms with Crippen molar-refractivity contribution in [3.63, 3.8) is 0 Å². The molecule has 32 heavy (non-hydrogen) atoms. The standard InChI is InChI=1S/C16H14O4.C9H10O3/c1-19-15(17)13-7-3-11(4-8-13)12-5-9-14(10-6-12)16(18)20-2;1-11-8-6-4-3-5-7(8)9(10)12-2/h3-10H,1-2H3;3-6H,1-2H3. The van der Waals surface area contributed by atoms with E-state index in [0.717, 1.165) is 11.1 Å². The van der Waals surface area contributed by atoms with E-state index < -0.39 is 0 Å². The van der Waals surface area contributed by atoms with Crippen molar-refractivity contribution in [2.24, 2.45) is 0 Å². The van der Waals surface area contributed by atoms with Gasteiger partial charge in [-0.1, -0.05) is 36.4 Å². The monoisotopic (exact) mass is 436 g/mol. The second-order valence-electron chi connectivity index (χ2n) is 6.33. The number of methoxy groups -OCH3 is 4. The van der Waals surface area contributed by atoms with E-state index >= 15 is 0 Å². The van der Waals surface area contributed by atoms with Crippen molar-refractivity contribution in [3.8, 4) is 16.9 Å². The quantitative estimate of drug-likeness (QED) is 0.432. The summed E-state index contributed by atoms with van der Waals surface area (Å²) in [4.78, 5) is 33.8. The zero-order chi connectivity index (χ0) is 23.5. The smallest absolute Gasteiger partial charge is 0.341 e. The molecule has 3 aromatic carbocycles. The van der Waals surface area contributed by atoms with Crippen molar-refractivity contribution in [2.75, 3.05) is 28.4 Å². The number of carbonyl (C=O) groups excluding carboxylic acids is 3. The first kappa shape index (κ1) is 24.1. The Kier molecular flexibility index (Phi) is 8.98. The van der Waals surface area contributed by atoms with E-state index in [0.29, 0.717) is 22.4 Å². The molecule has 0 atom stereocenters. The Balaban J connectivity index is 0.000000258. The van der Waals surface area contributed by atoms with Crippen LogP contribution in [0, 0.1) is 0 Å². The minimum Gasteiger partial charge on any atom is -0.496 e. The molecule has 3 aromatic rings. The predicted octanol–water partition coefficient (Wildman–Crippen LogP) is 4.41. The maximum absolute atomic E-state index is 11.3. The van der Waals surface area contributed by atoms with Crippen molar-refractivity contribution >= 4 is 17.9 Å². The second kappa shape index (κ2) is 11.9. The molecule has 0 unspecified atom stereocenters. The first-order valence-electron chi connectivity index (χ1n) is 9.53. The van der Waals surface area contributed by atoms with Crippen LogP contribution in [0.2, 0.25) is 0 Å². The van der Waals surface area contributed by atoms with E-state index in [1.165, 1.54) is 28.4 Å². The highest BCUT2D eigenvalue weighted by Gasteiger charge is 2.10. The molecule has 0 aliphatic carbocycles. The number of hydrogen-bond acceptors (Lipinski definition) is 7. The lowest BCUT2D eigenvalue weighted by atomic mass is 10.0. The third-order valence-electron chi connectivity index (χ3n) is 4.46. The first-order valence-corrected chi connectivity index (χ1v) is 9.53. The Morgan fingerprint density at radius 3 is 1.31 bits per heavy atom. The van der Waals surface area contributed by atoms with Crippen molar-refractivity contribution in [3.05, 3.63) is 89.5 Å². The average Bonchev–Trinajstić information content (AvgIpc) is 2.87. The van der Waals surface area contributed by atoms with Crippen LogP contribution in [0.1, 0.15) is 31.1 Å². The molecular weight excluding hydrogens is 412 g/mol. The maximum Gasteiger partial charge on any atom is 0.341 e. The van der Waals surface area contributed by atoms with Crippen LogP contribution in [-0.4, -0.2) is 46.3 Å². The Labute approximate surface area is 186 Å². The number of benzene rings is 3. The number of esters is 3. The van der Waals surface area contributed by atoms with Gasteiger partial charge in [0.05, 0.1) is 39.6 Å². The van der Waals surface area contributed by atoms with Crippen LogP contribution in [0.4, 0.5) is 0 Å². The van der Waals surface area contributed by atoms with E-state index in [4.69, 9.17) is 4.74 Å². The molecule has 0 aromatic heterocycles. The molecule has 0 spiro atoms. The van der Waals surface area contributed by atoms with Gasteiger partial charge in [0.25, 0.3) is 0 Å². The molecular formula is C25H24O7. The number of carbonyl (C=O) groups is 3. The predicted molar refractivity (Wildman–Crippen MR) is 119 cm³/mol. The lowest BCUT2D eigenvalue weighted by molar-refractivity contribution is 0.0589. The first-order chi connectivity index (χ1) is 15.4. The number of para-hydroxylation sites is 1. The zero-order valence-corrected chi connectivity index (χ0v) is 18.3. The van der Waals surface area contributed by atoms with Crippen molar-refractivity contribution < 1.29 is 33.3 Å². The van der Waals surface area contributed by atoms with Gasteiger partial charge in [0.2, 0.25) is 0 Å². The summed E-state index contributed by atoms with van der Waals surface area (Å²) in [5.74, 6) is -0.577. The van der Waals surface area contributed by atoms with Gasteiger partial charge in [-0.15, -0.1) is 0 Å². The van der Waals surface area contributed by atoms with E-state index in [2.05, 4.69) is 14.2 Å². The lowest BCUT2D eigenvalue weighted by Crippen LogP contribution is -2.03. The van der Waals surface area contributed by atoms with Gasteiger partial charge >= 0.3 is 17.9 Å². The largest absolute Gasteiger partial charge is 0.496 e. The zero-order valence-electron chi connectivity index (χ0n) is 18.3. The van der Waals surface area contributed by atoms with Gasteiger partial charge in [-0.05, 0) is 47.5 Å². The fourth-order valence-corrected chi connectivity index (χ4v) is 2.76. The van der Waals surface area contributed by atoms with E-state index in [1.807, 2.05) is 24.3 Å². The third kappa shape index (κ3) is 6.18. The number of ether oxygens (including phenoxy) is 4. The SMILES string of the molecule is COC(=O)c1ccc(-c2ccc(C(=O)OC)cc2)cc1.COC(=O)c1ccccc1OC. The van der Waals surface area contributed by atoms with E-state index in [1.54, 1.807) is 48.5 Å². The highest BCUT2D eigenvalue weighted by Crippen LogP contribution is 2.21. The molecule has 0 saturated carbocycles. The van der Waals surface area contributed by atoms with Crippen LogP contribution < -0.4 is 4.74 Å². The summed E-state index contributed by atoms with van der Waals surface area (Å²) in [6, 6.07) is 21.1. The van der Waals surface area contributed by atoms with Crippen LogP contribution in [0.15, 0.2) is 72.8 Å². The van der Waals surface area contributed by atoms with Gasteiger partial charge in [0.1, 0.15) is 11.3 Å². The summed E-state index contributed by atoms with van der Waals surface area (Å²) in [6.45, 7) is 0. The summed E-state index contributed by atoms with van der Waals surface area (Å²) >= 11 is 0. The molecule has 7 nitrogen and oxygen atoms in total. The number of rotatable bonds is 5. The highest BCUT2D eigenvalue weighted by molar-refractivity contribution is 5.92. The van der Waals surface area contributed by atoms with Crippen molar-refractivity contribution in [2.45, 2.75) is 0 Å². The molecule has 0 aliphatic rings. The fourth-order valence-electron chi connectivity index (χ4n) is 2.76. The topological polar surface area (TPSA) is 88.1 Å². The fraction of sp³-hybridized carbons (Fsp3) is 0.160. The molecule has 0 aliphatic heterocycles. The minimum atomic E-state index is -0.382. The molecule has 3 rings (SSSR count). The van der Waals surface area contributed by atoms with Gasteiger partial charge < -0.3 is 18.9 Å². The van der Waals surface area contributed by atoms with Crippen LogP contribution in [0.3, 0.4) is 0 Å². The molecule has 0 N–H and O–H groups in total. The third-order valence-corrected chi connectivity index (χ3v) is 4.46. The van der Waals surface area contributed by atoms with Crippen LogP contribution >= 0.6 is 0 Å². The van der Waals surface area contributed by atoms with Crippen molar-refractivity contribution in [1.29, 1.82) is 0 Å². The van der Waals surface area contributed by atoms with Gasteiger partial charge in [-0.25, -0.2) is 14.4 Å². The molecule has 0 amide bonds. The summed E-state index contributed by atoms with van der Waals surface area (Å²) in [6.07, 6.45) is 0. The van der Waals surface area contributed by atoms with Crippen molar-refractivity contribution in [1.82, 2.24) is 0 Å².